The number of anilines is 1. The number of fused-ring (bicyclic) bond motifs is 1. The summed E-state index contributed by atoms with van der Waals surface area (Å²) in [5.41, 5.74) is 1.71. The molecule has 35 heavy (non-hydrogen) atoms. The number of aryl methyl sites for hydroxylation is 1. The Balaban J connectivity index is 1.38. The van der Waals surface area contributed by atoms with Gasteiger partial charge < -0.3 is 14.6 Å². The highest BCUT2D eigenvalue weighted by Gasteiger charge is 2.22. The van der Waals surface area contributed by atoms with Gasteiger partial charge in [0.2, 0.25) is 5.91 Å². The van der Waals surface area contributed by atoms with Crippen LogP contribution in [0.1, 0.15) is 60.5 Å². The predicted octanol–water partition coefficient (Wildman–Crippen LogP) is 6.07. The smallest absolute Gasteiger partial charge is 0.235 e. The van der Waals surface area contributed by atoms with Crippen molar-refractivity contribution < 1.29 is 13.9 Å². The summed E-state index contributed by atoms with van der Waals surface area (Å²) >= 11 is 8.82. The van der Waals surface area contributed by atoms with Gasteiger partial charge in [-0.05, 0) is 56.4 Å². The normalized spacial score (nSPS) is 14.4. The number of nitrogens with one attached hydrogen (secondary N) is 1. The fraction of sp³-hybridized carbons (Fsp3) is 0.417. The average molecular weight is 534 g/mol. The maximum atomic E-state index is 13.3. The number of carbonyl (C=O) groups is 1. The molecule has 1 aliphatic rings. The first-order chi connectivity index (χ1) is 16.9. The van der Waals surface area contributed by atoms with Gasteiger partial charge in [-0.1, -0.05) is 36.2 Å². The van der Waals surface area contributed by atoms with E-state index in [1.54, 1.807) is 18.5 Å². The maximum absolute atomic E-state index is 13.3. The van der Waals surface area contributed by atoms with E-state index in [-0.39, 0.29) is 16.7 Å². The molecule has 2 aromatic heterocycles. The second-order valence-corrected chi connectivity index (χ2v) is 10.8. The highest BCUT2D eigenvalue weighted by molar-refractivity contribution is 7.99. The number of hydrogen-bond acceptors (Lipinski definition) is 7. The van der Waals surface area contributed by atoms with E-state index in [4.69, 9.17) is 16.3 Å². The van der Waals surface area contributed by atoms with E-state index in [9.17, 15) is 14.4 Å². The molecule has 1 atom stereocenters. The Bertz CT molecular complexity index is 1270. The molecular formula is C24H25ClFN5O2S2. The van der Waals surface area contributed by atoms with Gasteiger partial charge in [-0.25, -0.2) is 4.39 Å². The largest absolute Gasteiger partial charge is 0.481 e. The van der Waals surface area contributed by atoms with Crippen LogP contribution in [-0.2, 0) is 24.7 Å². The van der Waals surface area contributed by atoms with Crippen molar-refractivity contribution in [3.63, 3.8) is 0 Å². The highest BCUT2D eigenvalue weighted by Crippen LogP contribution is 2.37. The first kappa shape index (κ1) is 25.5. The van der Waals surface area contributed by atoms with E-state index in [0.717, 1.165) is 31.2 Å². The molecule has 1 amide bonds. The van der Waals surface area contributed by atoms with Crippen LogP contribution in [0, 0.1) is 17.1 Å². The first-order valence-corrected chi connectivity index (χ1v) is 13.5. The molecule has 4 rings (SSSR count). The number of halogens is 2. The summed E-state index contributed by atoms with van der Waals surface area (Å²) in [7, 11) is 1.79. The summed E-state index contributed by atoms with van der Waals surface area (Å²) < 4.78 is 20.9. The molecule has 0 aliphatic heterocycles. The first-order valence-electron chi connectivity index (χ1n) is 11.4. The second-order valence-electron chi connectivity index (χ2n) is 8.31. The number of nitrogens with zero attached hydrogens (tertiary/aromatic N) is 4. The van der Waals surface area contributed by atoms with E-state index in [1.165, 1.54) is 59.0 Å². The minimum Gasteiger partial charge on any atom is -0.481 e. The number of nitriles is 1. The number of hydrogen-bond donors (Lipinski definition) is 1. The van der Waals surface area contributed by atoms with E-state index < -0.39 is 11.9 Å². The fourth-order valence-corrected chi connectivity index (χ4v) is 6.22. The molecule has 0 spiro atoms. The molecule has 11 heteroatoms. The zero-order chi connectivity index (χ0) is 24.9. The van der Waals surface area contributed by atoms with E-state index >= 15 is 0 Å². The van der Waals surface area contributed by atoms with Crippen molar-refractivity contribution in [2.24, 2.45) is 7.05 Å². The minimum atomic E-state index is -0.498. The van der Waals surface area contributed by atoms with Crippen LogP contribution >= 0.6 is 34.7 Å². The Kier molecular flexibility index (Phi) is 8.31. The Morgan fingerprint density at radius 3 is 2.86 bits per heavy atom. The topological polar surface area (TPSA) is 92.8 Å². The average Bonchev–Trinajstić information content (AvgIpc) is 3.33. The predicted molar refractivity (Wildman–Crippen MR) is 136 cm³/mol. The zero-order valence-corrected chi connectivity index (χ0v) is 21.8. The maximum Gasteiger partial charge on any atom is 0.235 e. The van der Waals surface area contributed by atoms with Crippen molar-refractivity contribution in [1.82, 2.24) is 14.8 Å². The Labute approximate surface area is 216 Å². The van der Waals surface area contributed by atoms with Crippen molar-refractivity contribution in [3.8, 4) is 11.8 Å². The molecule has 1 N–H and O–H groups in total. The molecule has 0 saturated carbocycles. The standard InChI is InChI=1S/C24H25ClFN5O2S2/c1-14(33-19-10-9-15(26)11-18(19)25)22-29-30-24(31(22)2)34-13-21(32)28-23-17(12-27)16-7-5-3-4-6-8-20(16)35-23/h9-11,14H,3-8,13H2,1-2H3,(H,28,32). The summed E-state index contributed by atoms with van der Waals surface area (Å²) in [4.78, 5) is 13.9. The monoisotopic (exact) mass is 533 g/mol. The van der Waals surface area contributed by atoms with Crippen LogP contribution in [0.25, 0.3) is 0 Å². The molecule has 1 unspecified atom stereocenters. The second kappa shape index (κ2) is 11.4. The van der Waals surface area contributed by atoms with Gasteiger partial charge in [0.15, 0.2) is 17.1 Å². The molecule has 0 saturated heterocycles. The third-order valence-electron chi connectivity index (χ3n) is 5.80. The third-order valence-corrected chi connectivity index (χ3v) is 8.32. The number of amides is 1. The van der Waals surface area contributed by atoms with Crippen molar-refractivity contribution in [2.45, 2.75) is 56.7 Å². The van der Waals surface area contributed by atoms with Gasteiger partial charge in [0.25, 0.3) is 0 Å². The van der Waals surface area contributed by atoms with Crippen molar-refractivity contribution >= 4 is 45.6 Å². The molecule has 0 radical (unpaired) electrons. The summed E-state index contributed by atoms with van der Waals surface area (Å²) in [6.07, 6.45) is 5.94. The van der Waals surface area contributed by atoms with Crippen LogP contribution in [0.2, 0.25) is 5.02 Å². The van der Waals surface area contributed by atoms with E-state index in [0.29, 0.717) is 27.3 Å². The Morgan fingerprint density at radius 1 is 1.34 bits per heavy atom. The highest BCUT2D eigenvalue weighted by atomic mass is 35.5. The van der Waals surface area contributed by atoms with Gasteiger partial charge in [0.05, 0.1) is 16.3 Å². The summed E-state index contributed by atoms with van der Waals surface area (Å²) in [5.74, 6) is 0.362. The molecule has 7 nitrogen and oxygen atoms in total. The van der Waals surface area contributed by atoms with Gasteiger partial charge >= 0.3 is 0 Å². The van der Waals surface area contributed by atoms with Gasteiger partial charge in [-0.15, -0.1) is 21.5 Å². The summed E-state index contributed by atoms with van der Waals surface area (Å²) in [5, 5.41) is 22.4. The number of aromatic nitrogens is 3. The summed E-state index contributed by atoms with van der Waals surface area (Å²) in [6.45, 7) is 1.79. The molecule has 0 fully saturated rings. The summed E-state index contributed by atoms with van der Waals surface area (Å²) in [6, 6.07) is 6.22. The van der Waals surface area contributed by atoms with Crippen LogP contribution in [0.3, 0.4) is 0 Å². The quantitative estimate of drug-likeness (QED) is 0.370. The lowest BCUT2D eigenvalue weighted by molar-refractivity contribution is -0.113. The van der Waals surface area contributed by atoms with Crippen LogP contribution < -0.4 is 10.1 Å². The minimum absolute atomic E-state index is 0.123. The van der Waals surface area contributed by atoms with Crippen molar-refractivity contribution in [1.29, 1.82) is 5.26 Å². The van der Waals surface area contributed by atoms with E-state index in [2.05, 4.69) is 21.6 Å². The number of carbonyl (C=O) groups excluding carboxylic acids is 1. The van der Waals surface area contributed by atoms with Gasteiger partial charge in [-0.3, -0.25) is 4.79 Å². The molecule has 2 heterocycles. The van der Waals surface area contributed by atoms with Crippen LogP contribution in [-0.4, -0.2) is 26.4 Å². The van der Waals surface area contributed by atoms with Crippen LogP contribution in [0.4, 0.5) is 9.39 Å². The van der Waals surface area contributed by atoms with Crippen LogP contribution in [0.15, 0.2) is 23.4 Å². The number of thiophene rings is 1. The van der Waals surface area contributed by atoms with Crippen molar-refractivity contribution in [2.75, 3.05) is 11.1 Å². The van der Waals surface area contributed by atoms with Crippen molar-refractivity contribution in [3.05, 3.63) is 50.9 Å². The Morgan fingerprint density at radius 2 is 2.11 bits per heavy atom. The van der Waals surface area contributed by atoms with Gasteiger partial charge in [0.1, 0.15) is 22.6 Å². The zero-order valence-electron chi connectivity index (χ0n) is 19.4. The van der Waals surface area contributed by atoms with E-state index in [1.807, 2.05) is 0 Å². The lowest BCUT2D eigenvalue weighted by Gasteiger charge is -2.15. The number of rotatable bonds is 7. The molecule has 184 valence electrons. The Hall–Kier alpha value is -2.61. The molecule has 3 aromatic rings. The van der Waals surface area contributed by atoms with Crippen LogP contribution in [0.5, 0.6) is 5.75 Å². The number of benzene rings is 1. The van der Waals surface area contributed by atoms with Gasteiger partial charge in [-0.2, -0.15) is 5.26 Å². The fourth-order valence-electron chi connectivity index (χ4n) is 4.04. The molecule has 1 aromatic carbocycles. The van der Waals surface area contributed by atoms with Gasteiger partial charge in [0, 0.05) is 11.9 Å². The lowest BCUT2D eigenvalue weighted by Crippen LogP contribution is -2.15. The SMILES string of the molecule is CC(Oc1ccc(F)cc1Cl)c1nnc(SCC(=O)Nc2sc3c(c2C#N)CCCCCC3)n1C. The molecule has 0 bridgehead atoms. The lowest BCUT2D eigenvalue weighted by atomic mass is 9.97. The number of thioether (sulfide) groups is 1. The number of ether oxygens (including phenoxy) is 1. The molecule has 1 aliphatic carbocycles. The molecular weight excluding hydrogens is 509 g/mol. The third kappa shape index (κ3) is 5.97.